The summed E-state index contributed by atoms with van der Waals surface area (Å²) in [6, 6.07) is 2.90. The van der Waals surface area contributed by atoms with Gasteiger partial charge in [-0.1, -0.05) is 11.6 Å². The Balaban J connectivity index is 1.56. The third-order valence-electron chi connectivity index (χ3n) is 3.59. The van der Waals surface area contributed by atoms with E-state index in [1.807, 2.05) is 0 Å². The van der Waals surface area contributed by atoms with Gasteiger partial charge in [0.25, 0.3) is 0 Å². The van der Waals surface area contributed by atoms with Gasteiger partial charge in [-0.2, -0.15) is 0 Å². The highest BCUT2D eigenvalue weighted by atomic mass is 35.5. The van der Waals surface area contributed by atoms with Gasteiger partial charge in [0.1, 0.15) is 0 Å². The highest BCUT2D eigenvalue weighted by molar-refractivity contribution is 7.14. The maximum Gasteiger partial charge on any atom is 0.0973 e. The van der Waals surface area contributed by atoms with Gasteiger partial charge in [0.05, 0.1) is 4.34 Å². The molecule has 3 rings (SSSR count). The van der Waals surface area contributed by atoms with E-state index in [4.69, 9.17) is 11.6 Å². The number of halogens is 1. The van der Waals surface area contributed by atoms with Crippen molar-refractivity contribution >= 4 is 22.9 Å². The van der Waals surface area contributed by atoms with Crippen LogP contribution in [-0.2, 0) is 6.54 Å². The monoisotopic (exact) mass is 227 g/mol. The van der Waals surface area contributed by atoms with E-state index in [-0.39, 0.29) is 0 Å². The van der Waals surface area contributed by atoms with Gasteiger partial charge >= 0.3 is 0 Å². The third kappa shape index (κ3) is 1.60. The molecule has 0 amide bonds. The van der Waals surface area contributed by atoms with Crippen LogP contribution in [0, 0.1) is 11.8 Å². The molecule has 1 nitrogen and oxygen atoms in total. The first-order valence-electron chi connectivity index (χ1n) is 5.30. The molecule has 0 bridgehead atoms. The van der Waals surface area contributed by atoms with E-state index in [0.29, 0.717) is 0 Å². The molecule has 14 heavy (non-hydrogen) atoms. The Morgan fingerprint density at radius 2 is 2.43 bits per heavy atom. The molecule has 0 aliphatic heterocycles. The average Bonchev–Trinajstić information content (AvgIpc) is 2.68. The molecule has 1 heterocycles. The second-order valence-corrected chi connectivity index (χ2v) is 5.96. The van der Waals surface area contributed by atoms with Crippen molar-refractivity contribution in [1.82, 2.24) is 5.32 Å². The molecular formula is C11H14ClNS. The molecule has 2 aliphatic rings. The molecule has 1 aromatic heterocycles. The molecule has 2 fully saturated rings. The summed E-state index contributed by atoms with van der Waals surface area (Å²) in [6.07, 6.45) is 4.28. The maximum absolute atomic E-state index is 6.05. The molecule has 0 radical (unpaired) electrons. The topological polar surface area (TPSA) is 12.0 Å². The molecule has 1 aromatic rings. The lowest BCUT2D eigenvalue weighted by molar-refractivity contribution is 0.475. The fraction of sp³-hybridized carbons (Fsp3) is 0.636. The largest absolute Gasteiger partial charge is 0.310 e. The van der Waals surface area contributed by atoms with Crippen molar-refractivity contribution < 1.29 is 0 Å². The molecule has 76 valence electrons. The second kappa shape index (κ2) is 3.51. The van der Waals surface area contributed by atoms with Crippen LogP contribution in [0.3, 0.4) is 0 Å². The highest BCUT2D eigenvalue weighted by Crippen LogP contribution is 2.51. The van der Waals surface area contributed by atoms with Crippen LogP contribution in [0.15, 0.2) is 11.4 Å². The molecule has 2 aliphatic carbocycles. The summed E-state index contributed by atoms with van der Waals surface area (Å²) in [4.78, 5) is 0. The van der Waals surface area contributed by atoms with Crippen molar-refractivity contribution in [2.24, 2.45) is 11.8 Å². The zero-order valence-corrected chi connectivity index (χ0v) is 9.57. The zero-order chi connectivity index (χ0) is 9.54. The predicted octanol–water partition coefficient (Wildman–Crippen LogP) is 3.29. The predicted molar refractivity (Wildman–Crippen MR) is 60.8 cm³/mol. The standard InChI is InChI=1S/C11H14ClNS/c12-11-8(3-4-14-11)6-13-10-2-1-7-5-9(7)10/h3-4,7,9-10,13H,1-2,5-6H2. The van der Waals surface area contributed by atoms with Crippen LogP contribution in [-0.4, -0.2) is 6.04 Å². The lowest BCUT2D eigenvalue weighted by Crippen LogP contribution is -2.28. The lowest BCUT2D eigenvalue weighted by Gasteiger charge is -2.13. The Morgan fingerprint density at radius 3 is 3.00 bits per heavy atom. The fourth-order valence-corrected chi connectivity index (χ4v) is 3.57. The Bertz CT molecular complexity index is 336. The summed E-state index contributed by atoms with van der Waals surface area (Å²) in [6.45, 7) is 0.955. The smallest absolute Gasteiger partial charge is 0.0973 e. The van der Waals surface area contributed by atoms with E-state index >= 15 is 0 Å². The zero-order valence-electron chi connectivity index (χ0n) is 8.00. The molecule has 0 saturated heterocycles. The molecule has 0 spiro atoms. The Hall–Kier alpha value is -0.0500. The molecule has 2 saturated carbocycles. The third-order valence-corrected chi connectivity index (χ3v) is 4.84. The number of rotatable bonds is 3. The number of hydrogen-bond donors (Lipinski definition) is 1. The van der Waals surface area contributed by atoms with Crippen molar-refractivity contribution in [3.05, 3.63) is 21.3 Å². The molecule has 3 atom stereocenters. The Labute approximate surface area is 93.5 Å². The van der Waals surface area contributed by atoms with Gasteiger partial charge < -0.3 is 5.32 Å². The summed E-state index contributed by atoms with van der Waals surface area (Å²) in [5.74, 6) is 2.05. The van der Waals surface area contributed by atoms with Crippen LogP contribution in [0.4, 0.5) is 0 Å². The summed E-state index contributed by atoms with van der Waals surface area (Å²) >= 11 is 7.67. The van der Waals surface area contributed by atoms with Crippen molar-refractivity contribution in [1.29, 1.82) is 0 Å². The van der Waals surface area contributed by atoms with Gasteiger partial charge in [0.15, 0.2) is 0 Å². The van der Waals surface area contributed by atoms with Crippen molar-refractivity contribution in [2.75, 3.05) is 0 Å². The van der Waals surface area contributed by atoms with E-state index in [1.165, 1.54) is 24.8 Å². The normalized spacial score (nSPS) is 34.5. The van der Waals surface area contributed by atoms with Crippen molar-refractivity contribution in [3.8, 4) is 0 Å². The van der Waals surface area contributed by atoms with E-state index < -0.39 is 0 Å². The molecule has 1 N–H and O–H groups in total. The quantitative estimate of drug-likeness (QED) is 0.836. The number of thiophene rings is 1. The molecular weight excluding hydrogens is 214 g/mol. The average molecular weight is 228 g/mol. The summed E-state index contributed by atoms with van der Waals surface area (Å²) < 4.78 is 0.947. The van der Waals surface area contributed by atoms with Crippen LogP contribution in [0.2, 0.25) is 4.34 Å². The summed E-state index contributed by atoms with van der Waals surface area (Å²) in [5.41, 5.74) is 1.26. The van der Waals surface area contributed by atoms with Gasteiger partial charge in [-0.15, -0.1) is 11.3 Å². The lowest BCUT2D eigenvalue weighted by atomic mass is 10.1. The van der Waals surface area contributed by atoms with Crippen molar-refractivity contribution in [3.63, 3.8) is 0 Å². The highest BCUT2D eigenvalue weighted by Gasteiger charge is 2.47. The van der Waals surface area contributed by atoms with Crippen LogP contribution in [0.25, 0.3) is 0 Å². The SMILES string of the molecule is Clc1sccc1CNC1CCC2CC21. The Morgan fingerprint density at radius 1 is 1.50 bits per heavy atom. The summed E-state index contributed by atoms with van der Waals surface area (Å²) in [5, 5.41) is 5.70. The number of nitrogens with one attached hydrogen (secondary N) is 1. The van der Waals surface area contributed by atoms with Crippen molar-refractivity contribution in [2.45, 2.75) is 31.8 Å². The van der Waals surface area contributed by atoms with E-state index in [2.05, 4.69) is 16.8 Å². The fourth-order valence-electron chi connectivity index (χ4n) is 2.64. The number of fused-ring (bicyclic) bond motifs is 1. The second-order valence-electron chi connectivity index (χ2n) is 4.44. The minimum Gasteiger partial charge on any atom is -0.310 e. The van der Waals surface area contributed by atoms with Gasteiger partial charge in [-0.25, -0.2) is 0 Å². The van der Waals surface area contributed by atoms with Crippen LogP contribution >= 0.6 is 22.9 Å². The van der Waals surface area contributed by atoms with E-state index in [9.17, 15) is 0 Å². The van der Waals surface area contributed by atoms with Gasteiger partial charge in [-0.3, -0.25) is 0 Å². The van der Waals surface area contributed by atoms with Gasteiger partial charge in [0.2, 0.25) is 0 Å². The van der Waals surface area contributed by atoms with E-state index in [1.54, 1.807) is 11.3 Å². The minimum absolute atomic E-state index is 0.774. The van der Waals surface area contributed by atoms with Crippen LogP contribution in [0.5, 0.6) is 0 Å². The van der Waals surface area contributed by atoms with Crippen LogP contribution in [0.1, 0.15) is 24.8 Å². The van der Waals surface area contributed by atoms with Crippen LogP contribution < -0.4 is 5.32 Å². The molecule has 3 heteroatoms. The van der Waals surface area contributed by atoms with E-state index in [0.717, 1.165) is 28.8 Å². The molecule has 3 unspecified atom stereocenters. The first-order valence-corrected chi connectivity index (χ1v) is 6.55. The van der Waals surface area contributed by atoms with Gasteiger partial charge in [-0.05, 0) is 48.1 Å². The number of hydrogen-bond acceptors (Lipinski definition) is 2. The Kier molecular flexibility index (Phi) is 2.31. The first-order chi connectivity index (χ1) is 6.84. The molecule has 0 aromatic carbocycles. The minimum atomic E-state index is 0.774. The van der Waals surface area contributed by atoms with Gasteiger partial charge in [0, 0.05) is 12.6 Å². The first kappa shape index (κ1) is 9.20. The maximum atomic E-state index is 6.05. The summed E-state index contributed by atoms with van der Waals surface area (Å²) in [7, 11) is 0.